The number of hydrogen-bond donors (Lipinski definition) is 0. The molecule has 24 heavy (non-hydrogen) atoms. The molecular weight excluding hydrogens is 363 g/mol. The quantitative estimate of drug-likeness (QED) is 0.415. The molecule has 0 radical (unpaired) electrons. The van der Waals surface area contributed by atoms with Crippen LogP contribution in [0.25, 0.3) is 16.8 Å². The molecule has 0 saturated heterocycles. The minimum Gasteiger partial charge on any atom is -0.206 e. The molecule has 1 aliphatic carbocycles. The van der Waals surface area contributed by atoms with Crippen molar-refractivity contribution >= 4 is 32.8 Å². The van der Waals surface area contributed by atoms with E-state index < -0.39 is 0 Å². The average Bonchev–Trinajstić information content (AvgIpc) is 2.61. The number of aryl methyl sites for hydroxylation is 1. The van der Waals surface area contributed by atoms with Gasteiger partial charge in [-0.2, -0.15) is 0 Å². The van der Waals surface area contributed by atoms with Crippen LogP contribution in [0.1, 0.15) is 28.7 Å². The minimum absolute atomic E-state index is 0.307. The van der Waals surface area contributed by atoms with Crippen LogP contribution in [0.2, 0.25) is 0 Å². The molecule has 2 heteroatoms. The van der Waals surface area contributed by atoms with Gasteiger partial charge in [0.2, 0.25) is 0 Å². The van der Waals surface area contributed by atoms with Crippen molar-refractivity contribution in [1.82, 2.24) is 0 Å². The Morgan fingerprint density at radius 1 is 1.00 bits per heavy atom. The zero-order valence-electron chi connectivity index (χ0n) is 12.9. The molecule has 1 aliphatic rings. The summed E-state index contributed by atoms with van der Waals surface area (Å²) in [5.41, 5.74) is 3.96. The fourth-order valence-electron chi connectivity index (χ4n) is 3.07. The molecule has 0 atom stereocenters. The van der Waals surface area contributed by atoms with Gasteiger partial charge in [-0.05, 0) is 74.9 Å². The predicted molar refractivity (Wildman–Crippen MR) is 101 cm³/mol. The molecule has 0 spiro atoms. The first kappa shape index (κ1) is 15.2. The second-order valence-corrected chi connectivity index (χ2v) is 6.72. The van der Waals surface area contributed by atoms with Gasteiger partial charge in [-0.25, -0.2) is 4.39 Å². The van der Waals surface area contributed by atoms with E-state index >= 15 is 0 Å². The van der Waals surface area contributed by atoms with Gasteiger partial charge in [-0.3, -0.25) is 0 Å². The lowest BCUT2D eigenvalue weighted by Gasteiger charge is -2.13. The molecule has 0 heterocycles. The van der Waals surface area contributed by atoms with Crippen LogP contribution in [0.3, 0.4) is 0 Å². The van der Waals surface area contributed by atoms with E-state index in [1.54, 1.807) is 12.1 Å². The SMILES string of the molecule is Fc1cccc(Br)c1C#Cc1ccc2ccc3c(c2c1)C=CCC3. The molecule has 4 rings (SSSR count). The van der Waals surface area contributed by atoms with Gasteiger partial charge >= 0.3 is 0 Å². The van der Waals surface area contributed by atoms with Crippen molar-refractivity contribution in [3.8, 4) is 11.8 Å². The Labute approximate surface area is 149 Å². The lowest BCUT2D eigenvalue weighted by atomic mass is 9.91. The van der Waals surface area contributed by atoms with Gasteiger partial charge in [0, 0.05) is 10.0 Å². The zero-order valence-corrected chi connectivity index (χ0v) is 14.5. The highest BCUT2D eigenvalue weighted by atomic mass is 79.9. The molecule has 0 unspecified atom stereocenters. The Bertz CT molecular complexity index is 1010. The van der Waals surface area contributed by atoms with Crippen LogP contribution in [0.15, 0.2) is 59.1 Å². The van der Waals surface area contributed by atoms with Gasteiger partial charge < -0.3 is 0 Å². The van der Waals surface area contributed by atoms with Gasteiger partial charge in [0.15, 0.2) is 0 Å². The van der Waals surface area contributed by atoms with E-state index in [4.69, 9.17) is 0 Å². The van der Waals surface area contributed by atoms with Crippen LogP contribution in [0, 0.1) is 17.7 Å². The average molecular weight is 377 g/mol. The molecular formula is C22H14BrF. The topological polar surface area (TPSA) is 0 Å². The fraction of sp³-hybridized carbons (Fsp3) is 0.0909. The van der Waals surface area contributed by atoms with Crippen LogP contribution < -0.4 is 0 Å². The van der Waals surface area contributed by atoms with Crippen molar-refractivity contribution in [3.05, 3.63) is 87.2 Å². The van der Waals surface area contributed by atoms with Gasteiger partial charge in [0.1, 0.15) is 5.82 Å². The maximum atomic E-state index is 13.9. The largest absolute Gasteiger partial charge is 0.206 e. The number of rotatable bonds is 0. The lowest BCUT2D eigenvalue weighted by Crippen LogP contribution is -1.95. The standard InChI is InChI=1S/C22H14BrF/c23-21-6-3-7-22(24)19(21)13-9-15-8-10-17-12-11-16-4-1-2-5-18(16)20(17)14-15/h2-3,5-8,10-12,14H,1,4H2. The molecule has 3 aromatic carbocycles. The van der Waals surface area contributed by atoms with Crippen molar-refractivity contribution < 1.29 is 4.39 Å². The first-order chi connectivity index (χ1) is 11.7. The Morgan fingerprint density at radius 3 is 2.75 bits per heavy atom. The summed E-state index contributed by atoms with van der Waals surface area (Å²) in [5, 5.41) is 2.42. The van der Waals surface area contributed by atoms with Crippen LogP contribution in [-0.4, -0.2) is 0 Å². The third-order valence-corrected chi connectivity index (χ3v) is 4.97. The number of allylic oxidation sites excluding steroid dienone is 1. The first-order valence-corrected chi connectivity index (χ1v) is 8.70. The third kappa shape index (κ3) is 2.77. The zero-order chi connectivity index (χ0) is 16.5. The highest BCUT2D eigenvalue weighted by Gasteiger charge is 2.08. The van der Waals surface area contributed by atoms with Crippen LogP contribution in [0.5, 0.6) is 0 Å². The highest BCUT2D eigenvalue weighted by molar-refractivity contribution is 9.10. The molecule has 0 bridgehead atoms. The van der Waals surface area contributed by atoms with E-state index in [0.717, 1.165) is 18.4 Å². The van der Waals surface area contributed by atoms with Crippen molar-refractivity contribution in [2.24, 2.45) is 0 Å². The van der Waals surface area contributed by atoms with Gasteiger partial charge in [-0.15, -0.1) is 0 Å². The summed E-state index contributed by atoms with van der Waals surface area (Å²) in [7, 11) is 0. The maximum absolute atomic E-state index is 13.9. The Morgan fingerprint density at radius 2 is 1.88 bits per heavy atom. The number of fused-ring (bicyclic) bond motifs is 3. The summed E-state index contributed by atoms with van der Waals surface area (Å²) < 4.78 is 14.6. The Kier molecular flexibility index (Phi) is 3.96. The molecule has 0 nitrogen and oxygen atoms in total. The second kappa shape index (κ2) is 6.26. The predicted octanol–water partition coefficient (Wildman–Crippen LogP) is 6.10. The summed E-state index contributed by atoms with van der Waals surface area (Å²) in [6, 6.07) is 15.4. The first-order valence-electron chi connectivity index (χ1n) is 7.90. The summed E-state index contributed by atoms with van der Waals surface area (Å²) in [6.07, 6.45) is 6.60. The molecule has 0 aliphatic heterocycles. The smallest absolute Gasteiger partial charge is 0.139 e. The molecule has 116 valence electrons. The van der Waals surface area contributed by atoms with E-state index in [2.05, 4.69) is 64.2 Å². The number of halogens is 2. The van der Waals surface area contributed by atoms with Crippen molar-refractivity contribution in [2.45, 2.75) is 12.8 Å². The van der Waals surface area contributed by atoms with E-state index in [0.29, 0.717) is 10.0 Å². The summed E-state index contributed by atoms with van der Waals surface area (Å²) in [5.74, 6) is 5.74. The molecule has 0 aromatic heterocycles. The fourth-order valence-corrected chi connectivity index (χ4v) is 3.51. The molecule has 0 N–H and O–H groups in total. The van der Waals surface area contributed by atoms with Crippen LogP contribution in [0.4, 0.5) is 4.39 Å². The van der Waals surface area contributed by atoms with Crippen molar-refractivity contribution in [3.63, 3.8) is 0 Å². The van der Waals surface area contributed by atoms with E-state index in [-0.39, 0.29) is 5.82 Å². The van der Waals surface area contributed by atoms with Crippen LogP contribution >= 0.6 is 15.9 Å². The van der Waals surface area contributed by atoms with E-state index in [1.165, 1.54) is 28.0 Å². The molecule has 0 amide bonds. The summed E-state index contributed by atoms with van der Waals surface area (Å²) in [6.45, 7) is 0. The van der Waals surface area contributed by atoms with Crippen molar-refractivity contribution in [1.29, 1.82) is 0 Å². The minimum atomic E-state index is -0.307. The van der Waals surface area contributed by atoms with Crippen molar-refractivity contribution in [2.75, 3.05) is 0 Å². The molecule has 0 saturated carbocycles. The Balaban J connectivity index is 1.82. The summed E-state index contributed by atoms with van der Waals surface area (Å²) in [4.78, 5) is 0. The van der Waals surface area contributed by atoms with Gasteiger partial charge in [0.25, 0.3) is 0 Å². The molecule has 0 fully saturated rings. The highest BCUT2D eigenvalue weighted by Crippen LogP contribution is 2.28. The maximum Gasteiger partial charge on any atom is 0.139 e. The number of hydrogen-bond acceptors (Lipinski definition) is 0. The third-order valence-electron chi connectivity index (χ3n) is 4.31. The second-order valence-electron chi connectivity index (χ2n) is 5.86. The monoisotopic (exact) mass is 376 g/mol. The van der Waals surface area contributed by atoms with Gasteiger partial charge in [-0.1, -0.05) is 48.3 Å². The van der Waals surface area contributed by atoms with E-state index in [1.807, 2.05) is 6.07 Å². The Hall–Kier alpha value is -2.37. The van der Waals surface area contributed by atoms with E-state index in [9.17, 15) is 4.39 Å². The lowest BCUT2D eigenvalue weighted by molar-refractivity contribution is 0.623. The van der Waals surface area contributed by atoms with Gasteiger partial charge in [0.05, 0.1) is 5.56 Å². The summed E-state index contributed by atoms with van der Waals surface area (Å²) >= 11 is 3.36. The van der Waals surface area contributed by atoms with Crippen LogP contribution in [-0.2, 0) is 6.42 Å². The molecule has 3 aromatic rings. The normalized spacial score (nSPS) is 12.6. The number of benzene rings is 3.